The summed E-state index contributed by atoms with van der Waals surface area (Å²) < 4.78 is 25.2. The molecular weight excluding hydrogens is 334 g/mol. The van der Waals surface area contributed by atoms with Gasteiger partial charge in [-0.3, -0.25) is 14.4 Å². The highest BCUT2D eigenvalue weighted by Crippen LogP contribution is 2.34. The first kappa shape index (κ1) is 15.9. The van der Waals surface area contributed by atoms with Crippen molar-refractivity contribution < 1.29 is 13.2 Å². The molecule has 2 aromatic rings. The summed E-state index contributed by atoms with van der Waals surface area (Å²) in [5.74, 6) is -0.243. The van der Waals surface area contributed by atoms with Crippen LogP contribution in [-0.4, -0.2) is 31.6 Å². The van der Waals surface area contributed by atoms with E-state index in [0.29, 0.717) is 22.8 Å². The van der Waals surface area contributed by atoms with E-state index in [1.54, 1.807) is 24.4 Å². The average Bonchev–Trinajstić information content (AvgIpc) is 2.99. The Balaban J connectivity index is 1.88. The summed E-state index contributed by atoms with van der Waals surface area (Å²) >= 11 is 1.41. The van der Waals surface area contributed by atoms with Gasteiger partial charge in [0.05, 0.1) is 11.9 Å². The maximum atomic E-state index is 12.3. The second kappa shape index (κ2) is 5.61. The van der Waals surface area contributed by atoms with Gasteiger partial charge in [0, 0.05) is 22.7 Å². The number of fused-ring (bicyclic) bond motifs is 1. The monoisotopic (exact) mass is 351 g/mol. The number of nitrogens with zero attached hydrogens (tertiary/aromatic N) is 2. The predicted molar refractivity (Wildman–Crippen MR) is 91.7 cm³/mol. The molecule has 0 unspecified atom stereocenters. The third kappa shape index (κ3) is 3.09. The van der Waals surface area contributed by atoms with Crippen LogP contribution in [0.2, 0.25) is 0 Å². The van der Waals surface area contributed by atoms with E-state index in [-0.39, 0.29) is 11.9 Å². The fourth-order valence-corrected chi connectivity index (χ4v) is 4.75. The summed E-state index contributed by atoms with van der Waals surface area (Å²) in [5.41, 5.74) is 2.02. The van der Waals surface area contributed by atoms with Crippen LogP contribution in [0.5, 0.6) is 0 Å². The lowest BCUT2D eigenvalue weighted by atomic mass is 10.1. The number of hydrogen-bond acceptors (Lipinski definition) is 5. The van der Waals surface area contributed by atoms with Crippen molar-refractivity contribution >= 4 is 38.1 Å². The van der Waals surface area contributed by atoms with Crippen molar-refractivity contribution in [2.24, 2.45) is 0 Å². The molecule has 1 N–H and O–H groups in total. The lowest BCUT2D eigenvalue weighted by Gasteiger charge is -2.21. The number of anilines is 2. The van der Waals surface area contributed by atoms with E-state index in [0.717, 1.165) is 10.4 Å². The Labute approximate surface area is 139 Å². The summed E-state index contributed by atoms with van der Waals surface area (Å²) in [6.45, 7) is 3.78. The minimum absolute atomic E-state index is 0.139. The van der Waals surface area contributed by atoms with Crippen LogP contribution in [0.25, 0.3) is 0 Å². The van der Waals surface area contributed by atoms with E-state index in [1.807, 2.05) is 13.8 Å². The van der Waals surface area contributed by atoms with Gasteiger partial charge in [-0.15, -0.1) is 11.3 Å². The van der Waals surface area contributed by atoms with Crippen LogP contribution in [0.3, 0.4) is 0 Å². The summed E-state index contributed by atoms with van der Waals surface area (Å²) in [7, 11) is -3.32. The Morgan fingerprint density at radius 3 is 2.78 bits per heavy atom. The highest BCUT2D eigenvalue weighted by Gasteiger charge is 2.32. The number of nitrogens with one attached hydrogen (secondary N) is 1. The third-order valence-corrected chi connectivity index (χ3v) is 5.79. The molecule has 122 valence electrons. The molecule has 3 rings (SSSR count). The van der Waals surface area contributed by atoms with Gasteiger partial charge >= 0.3 is 0 Å². The number of carbonyl (C=O) groups is 1. The molecule has 1 aromatic carbocycles. The van der Waals surface area contributed by atoms with Crippen molar-refractivity contribution in [3.8, 4) is 0 Å². The third-order valence-electron chi connectivity index (χ3n) is 3.69. The van der Waals surface area contributed by atoms with E-state index >= 15 is 0 Å². The Morgan fingerprint density at radius 1 is 1.43 bits per heavy atom. The largest absolute Gasteiger partial charge is 0.298 e. The number of aryl methyl sites for hydroxylation is 1. The lowest BCUT2D eigenvalue weighted by molar-refractivity contribution is 0.102. The first-order valence-electron chi connectivity index (χ1n) is 7.12. The summed E-state index contributed by atoms with van der Waals surface area (Å²) in [6, 6.07) is 4.96. The molecule has 1 aliphatic heterocycles. The van der Waals surface area contributed by atoms with Crippen molar-refractivity contribution in [2.75, 3.05) is 15.9 Å². The summed E-state index contributed by atoms with van der Waals surface area (Å²) in [4.78, 5) is 17.4. The molecule has 1 aliphatic rings. The van der Waals surface area contributed by atoms with E-state index in [2.05, 4.69) is 10.3 Å². The van der Waals surface area contributed by atoms with Gasteiger partial charge in [0.1, 0.15) is 0 Å². The molecule has 0 radical (unpaired) electrons. The van der Waals surface area contributed by atoms with E-state index in [4.69, 9.17) is 0 Å². The van der Waals surface area contributed by atoms with Gasteiger partial charge in [0.15, 0.2) is 5.13 Å². The molecule has 1 amide bonds. The zero-order valence-corrected chi connectivity index (χ0v) is 14.7. The minimum Gasteiger partial charge on any atom is -0.298 e. The van der Waals surface area contributed by atoms with Crippen molar-refractivity contribution in [3.63, 3.8) is 0 Å². The van der Waals surface area contributed by atoms with Crippen LogP contribution in [0.1, 0.15) is 27.7 Å². The highest BCUT2D eigenvalue weighted by molar-refractivity contribution is 7.92. The quantitative estimate of drug-likeness (QED) is 0.921. The molecule has 0 aliphatic carbocycles. The molecule has 0 bridgehead atoms. The van der Waals surface area contributed by atoms with Crippen LogP contribution in [0, 0.1) is 6.92 Å². The number of benzene rings is 1. The van der Waals surface area contributed by atoms with E-state index in [9.17, 15) is 13.2 Å². The van der Waals surface area contributed by atoms with Crippen molar-refractivity contribution in [3.05, 3.63) is 40.4 Å². The minimum atomic E-state index is -3.32. The van der Waals surface area contributed by atoms with E-state index in [1.165, 1.54) is 21.9 Å². The lowest BCUT2D eigenvalue weighted by Crippen LogP contribution is -2.34. The fraction of sp³-hybridized carbons (Fsp3) is 0.333. The van der Waals surface area contributed by atoms with Crippen LogP contribution in [-0.2, 0) is 16.4 Å². The number of amides is 1. The Bertz CT molecular complexity index is 874. The Kier molecular flexibility index (Phi) is 3.89. The molecule has 1 aromatic heterocycles. The smallest absolute Gasteiger partial charge is 0.257 e. The second-order valence-electron chi connectivity index (χ2n) is 5.69. The van der Waals surface area contributed by atoms with Crippen LogP contribution >= 0.6 is 11.3 Å². The van der Waals surface area contributed by atoms with Crippen molar-refractivity contribution in [2.45, 2.75) is 26.3 Å². The predicted octanol–water partition coefficient (Wildman–Crippen LogP) is 2.41. The standard InChI is InChI=1S/C15H17N3O3S2/c1-9-6-12-7-11(4-5-13(12)18(9)23(3,20)21)14(19)17-15-16-8-10(2)22-15/h4-5,7-9H,6H2,1-3H3,(H,16,17,19)/t9-/m1/s1. The molecule has 0 saturated carbocycles. The summed E-state index contributed by atoms with van der Waals surface area (Å²) in [5, 5.41) is 3.31. The molecule has 0 fully saturated rings. The van der Waals surface area contributed by atoms with Gasteiger partial charge in [0.2, 0.25) is 10.0 Å². The van der Waals surface area contributed by atoms with Crippen LogP contribution in [0.4, 0.5) is 10.8 Å². The number of carbonyl (C=O) groups excluding carboxylic acids is 1. The topological polar surface area (TPSA) is 79.4 Å². The average molecular weight is 351 g/mol. The van der Waals surface area contributed by atoms with Gasteiger partial charge in [-0.25, -0.2) is 13.4 Å². The molecule has 8 heteroatoms. The van der Waals surface area contributed by atoms with Crippen molar-refractivity contribution in [1.29, 1.82) is 0 Å². The highest BCUT2D eigenvalue weighted by atomic mass is 32.2. The van der Waals surface area contributed by atoms with Crippen LogP contribution in [0.15, 0.2) is 24.4 Å². The fourth-order valence-electron chi connectivity index (χ4n) is 2.83. The normalized spacial score (nSPS) is 17.2. The van der Waals surface area contributed by atoms with Gasteiger partial charge in [0.25, 0.3) is 5.91 Å². The van der Waals surface area contributed by atoms with Gasteiger partial charge < -0.3 is 0 Å². The van der Waals surface area contributed by atoms with Gasteiger partial charge in [-0.2, -0.15) is 0 Å². The van der Waals surface area contributed by atoms with Gasteiger partial charge in [-0.1, -0.05) is 0 Å². The van der Waals surface area contributed by atoms with E-state index < -0.39 is 10.0 Å². The van der Waals surface area contributed by atoms with Crippen LogP contribution < -0.4 is 9.62 Å². The molecule has 0 spiro atoms. The molecule has 2 heterocycles. The molecule has 1 atom stereocenters. The molecular formula is C15H17N3O3S2. The Hall–Kier alpha value is -1.93. The van der Waals surface area contributed by atoms with Gasteiger partial charge in [-0.05, 0) is 44.0 Å². The Morgan fingerprint density at radius 2 is 2.17 bits per heavy atom. The summed E-state index contributed by atoms with van der Waals surface area (Å²) in [6.07, 6.45) is 3.50. The first-order valence-corrected chi connectivity index (χ1v) is 9.78. The number of rotatable bonds is 3. The zero-order valence-electron chi connectivity index (χ0n) is 13.0. The second-order valence-corrected chi connectivity index (χ2v) is 8.78. The number of aromatic nitrogens is 1. The first-order chi connectivity index (χ1) is 10.8. The maximum absolute atomic E-state index is 12.3. The van der Waals surface area contributed by atoms with Crippen molar-refractivity contribution in [1.82, 2.24) is 4.98 Å². The molecule has 6 nitrogen and oxygen atoms in total. The zero-order chi connectivity index (χ0) is 16.8. The maximum Gasteiger partial charge on any atom is 0.257 e. The molecule has 23 heavy (non-hydrogen) atoms. The number of hydrogen-bond donors (Lipinski definition) is 1. The SMILES string of the molecule is Cc1cnc(NC(=O)c2ccc3c(c2)C[C@@H](C)N3S(C)(=O)=O)s1. The molecule has 0 saturated heterocycles. The number of sulfonamides is 1. The number of thiazole rings is 1.